The smallest absolute Gasteiger partial charge is 0.181 e. The fourth-order valence-electron chi connectivity index (χ4n) is 2.86. The molecule has 3 heterocycles. The maximum atomic E-state index is 9.39. The monoisotopic (exact) mass is 326 g/mol. The Bertz CT molecular complexity index is 598. The Labute approximate surface area is 133 Å². The van der Waals surface area contributed by atoms with Crippen molar-refractivity contribution in [2.24, 2.45) is 5.92 Å². The van der Waals surface area contributed by atoms with Gasteiger partial charge in [0.15, 0.2) is 5.76 Å². The standard InChI is InChI=1S/C15H19ClN2O2S/c1-10-2-3-11(9-19)7-18(10)8-12-6-17-20-15(12)13-4-5-14(16)21-13/h4-6,10-11,19H,2-3,7-9H2,1H3. The minimum Gasteiger partial charge on any atom is -0.396 e. The van der Waals surface area contributed by atoms with Crippen molar-refractivity contribution in [2.75, 3.05) is 13.2 Å². The summed E-state index contributed by atoms with van der Waals surface area (Å²) in [6.07, 6.45) is 4.01. The molecule has 1 aliphatic heterocycles. The zero-order valence-corrected chi connectivity index (χ0v) is 13.5. The Hall–Kier alpha value is -0.880. The van der Waals surface area contributed by atoms with Crippen LogP contribution in [-0.2, 0) is 6.54 Å². The Morgan fingerprint density at radius 3 is 3.05 bits per heavy atom. The SMILES string of the molecule is CC1CCC(CO)CN1Cc1cnoc1-c1ccc(Cl)s1. The minimum atomic E-state index is 0.264. The molecule has 1 saturated heterocycles. The van der Waals surface area contributed by atoms with Crippen molar-refractivity contribution in [3.8, 4) is 10.6 Å². The van der Waals surface area contributed by atoms with Crippen molar-refractivity contribution in [2.45, 2.75) is 32.4 Å². The van der Waals surface area contributed by atoms with Crippen molar-refractivity contribution in [1.82, 2.24) is 10.1 Å². The number of aliphatic hydroxyl groups excluding tert-OH is 1. The van der Waals surface area contributed by atoms with Crippen molar-refractivity contribution >= 4 is 22.9 Å². The highest BCUT2D eigenvalue weighted by Crippen LogP contribution is 2.34. The summed E-state index contributed by atoms with van der Waals surface area (Å²) in [5, 5.41) is 13.3. The molecule has 0 aliphatic carbocycles. The van der Waals surface area contributed by atoms with Crippen LogP contribution in [0.4, 0.5) is 0 Å². The second-order valence-corrected chi connectivity index (χ2v) is 7.40. The molecule has 0 saturated carbocycles. The summed E-state index contributed by atoms with van der Waals surface area (Å²) in [5.74, 6) is 1.19. The van der Waals surface area contributed by atoms with E-state index >= 15 is 0 Å². The maximum absolute atomic E-state index is 9.39. The molecule has 21 heavy (non-hydrogen) atoms. The fourth-order valence-corrected chi connectivity index (χ4v) is 3.92. The third-order valence-electron chi connectivity index (χ3n) is 4.18. The molecule has 1 fully saturated rings. The van der Waals surface area contributed by atoms with Gasteiger partial charge in [0, 0.05) is 31.3 Å². The largest absolute Gasteiger partial charge is 0.396 e. The lowest BCUT2D eigenvalue weighted by molar-refractivity contribution is 0.0772. The molecule has 4 nitrogen and oxygen atoms in total. The second-order valence-electron chi connectivity index (χ2n) is 5.69. The van der Waals surface area contributed by atoms with Gasteiger partial charge in [0.1, 0.15) is 0 Å². The van der Waals surface area contributed by atoms with Crippen LogP contribution in [-0.4, -0.2) is 34.4 Å². The van der Waals surface area contributed by atoms with E-state index in [0.29, 0.717) is 12.0 Å². The third-order valence-corrected chi connectivity index (χ3v) is 5.41. The van der Waals surface area contributed by atoms with Crippen LogP contribution in [0.3, 0.4) is 0 Å². The van der Waals surface area contributed by atoms with Crippen LogP contribution in [0.1, 0.15) is 25.3 Å². The van der Waals surface area contributed by atoms with E-state index < -0.39 is 0 Å². The van der Waals surface area contributed by atoms with E-state index in [0.717, 1.165) is 46.5 Å². The average Bonchev–Trinajstić information content (AvgIpc) is 3.10. The molecule has 0 aromatic carbocycles. The molecular weight excluding hydrogens is 308 g/mol. The maximum Gasteiger partial charge on any atom is 0.181 e. The molecule has 0 bridgehead atoms. The highest BCUT2D eigenvalue weighted by molar-refractivity contribution is 7.19. The van der Waals surface area contributed by atoms with Crippen LogP contribution in [0.5, 0.6) is 0 Å². The molecule has 6 heteroatoms. The molecule has 1 N–H and O–H groups in total. The first-order valence-electron chi connectivity index (χ1n) is 7.21. The van der Waals surface area contributed by atoms with E-state index in [1.807, 2.05) is 12.1 Å². The molecule has 2 unspecified atom stereocenters. The van der Waals surface area contributed by atoms with Gasteiger partial charge in [-0.05, 0) is 37.8 Å². The number of rotatable bonds is 4. The summed E-state index contributed by atoms with van der Waals surface area (Å²) in [6.45, 7) is 4.22. The van der Waals surface area contributed by atoms with Crippen LogP contribution in [0, 0.1) is 5.92 Å². The molecule has 0 amide bonds. The number of thiophene rings is 1. The topological polar surface area (TPSA) is 49.5 Å². The summed E-state index contributed by atoms with van der Waals surface area (Å²) in [4.78, 5) is 3.41. The first kappa shape index (κ1) is 15.0. The zero-order chi connectivity index (χ0) is 14.8. The van der Waals surface area contributed by atoms with Crippen molar-refractivity contribution in [3.05, 3.63) is 28.2 Å². The van der Waals surface area contributed by atoms with Gasteiger partial charge in [-0.15, -0.1) is 11.3 Å². The van der Waals surface area contributed by atoms with Gasteiger partial charge in [0.2, 0.25) is 0 Å². The van der Waals surface area contributed by atoms with Gasteiger partial charge in [-0.2, -0.15) is 0 Å². The number of nitrogens with zero attached hydrogens (tertiary/aromatic N) is 2. The quantitative estimate of drug-likeness (QED) is 0.931. The van der Waals surface area contributed by atoms with E-state index in [2.05, 4.69) is 17.0 Å². The molecule has 3 rings (SSSR count). The van der Waals surface area contributed by atoms with Gasteiger partial charge in [-0.1, -0.05) is 16.8 Å². The van der Waals surface area contributed by atoms with E-state index in [1.165, 1.54) is 11.3 Å². The van der Waals surface area contributed by atoms with Crippen molar-refractivity contribution in [1.29, 1.82) is 0 Å². The van der Waals surface area contributed by atoms with Gasteiger partial charge in [0.25, 0.3) is 0 Å². The molecule has 2 atom stereocenters. The normalized spacial score (nSPS) is 23.6. The Balaban J connectivity index is 1.77. The van der Waals surface area contributed by atoms with Crippen LogP contribution in [0.2, 0.25) is 4.34 Å². The fraction of sp³-hybridized carbons (Fsp3) is 0.533. The van der Waals surface area contributed by atoms with Crippen LogP contribution >= 0.6 is 22.9 Å². The number of aromatic nitrogens is 1. The highest BCUT2D eigenvalue weighted by Gasteiger charge is 2.26. The molecule has 2 aromatic heterocycles. The highest BCUT2D eigenvalue weighted by atomic mass is 35.5. The number of halogens is 1. The van der Waals surface area contributed by atoms with Crippen molar-refractivity contribution in [3.63, 3.8) is 0 Å². The van der Waals surface area contributed by atoms with Crippen molar-refractivity contribution < 1.29 is 9.63 Å². The summed E-state index contributed by atoms with van der Waals surface area (Å²) in [6, 6.07) is 4.36. The number of hydrogen-bond acceptors (Lipinski definition) is 5. The van der Waals surface area contributed by atoms with E-state index in [4.69, 9.17) is 16.1 Å². The number of likely N-dealkylation sites (tertiary alicyclic amines) is 1. The Morgan fingerprint density at radius 1 is 1.48 bits per heavy atom. The molecule has 0 spiro atoms. The molecule has 0 radical (unpaired) electrons. The summed E-state index contributed by atoms with van der Waals surface area (Å²) in [5.41, 5.74) is 1.08. The molecule has 1 aliphatic rings. The van der Waals surface area contributed by atoms with Gasteiger partial charge in [-0.25, -0.2) is 0 Å². The number of hydrogen-bond donors (Lipinski definition) is 1. The Kier molecular flexibility index (Phi) is 4.64. The summed E-state index contributed by atoms with van der Waals surface area (Å²) in [7, 11) is 0. The lowest BCUT2D eigenvalue weighted by Crippen LogP contribution is -2.42. The Morgan fingerprint density at radius 2 is 2.33 bits per heavy atom. The van der Waals surface area contributed by atoms with E-state index in [-0.39, 0.29) is 6.61 Å². The van der Waals surface area contributed by atoms with Gasteiger partial charge in [-0.3, -0.25) is 4.90 Å². The first-order chi connectivity index (χ1) is 10.2. The van der Waals surface area contributed by atoms with Gasteiger partial charge >= 0.3 is 0 Å². The lowest BCUT2D eigenvalue weighted by Gasteiger charge is -2.37. The predicted molar refractivity (Wildman–Crippen MR) is 84.5 cm³/mol. The molecule has 114 valence electrons. The van der Waals surface area contributed by atoms with Crippen LogP contribution in [0.15, 0.2) is 22.9 Å². The first-order valence-corrected chi connectivity index (χ1v) is 8.41. The van der Waals surface area contributed by atoms with E-state index in [1.54, 1.807) is 6.20 Å². The third kappa shape index (κ3) is 3.31. The molecule has 2 aromatic rings. The van der Waals surface area contributed by atoms with E-state index in [9.17, 15) is 5.11 Å². The van der Waals surface area contributed by atoms with Gasteiger partial charge < -0.3 is 9.63 Å². The minimum absolute atomic E-state index is 0.264. The average molecular weight is 327 g/mol. The second kappa shape index (κ2) is 6.48. The van der Waals surface area contributed by atoms with Gasteiger partial charge in [0.05, 0.1) is 15.4 Å². The molecular formula is C15H19ClN2O2S. The number of aliphatic hydroxyl groups is 1. The zero-order valence-electron chi connectivity index (χ0n) is 12.0. The summed E-state index contributed by atoms with van der Waals surface area (Å²) < 4.78 is 6.17. The predicted octanol–water partition coefficient (Wildman–Crippen LogP) is 3.65. The van der Waals surface area contributed by atoms with Crippen LogP contribution < -0.4 is 0 Å². The number of piperidine rings is 1. The van der Waals surface area contributed by atoms with Crippen LogP contribution in [0.25, 0.3) is 10.6 Å². The summed E-state index contributed by atoms with van der Waals surface area (Å²) >= 11 is 7.50. The lowest BCUT2D eigenvalue weighted by atomic mass is 9.93.